The third-order valence-electron chi connectivity index (χ3n) is 3.46. The van der Waals surface area contributed by atoms with E-state index in [2.05, 4.69) is 15.4 Å². The third-order valence-corrected chi connectivity index (χ3v) is 4.79. The summed E-state index contributed by atoms with van der Waals surface area (Å²) >= 11 is 0. The van der Waals surface area contributed by atoms with Crippen LogP contribution in [0.15, 0.2) is 30.3 Å². The van der Waals surface area contributed by atoms with E-state index in [1.54, 1.807) is 0 Å². The molecule has 1 aliphatic rings. The van der Waals surface area contributed by atoms with Gasteiger partial charge in [0.25, 0.3) is 0 Å². The molecular formula is C15H24ClN3O4S. The summed E-state index contributed by atoms with van der Waals surface area (Å²) in [5.41, 5.74) is 0.892. The van der Waals surface area contributed by atoms with Crippen LogP contribution in [0.1, 0.15) is 12.0 Å². The molecule has 2 rings (SSSR count). The number of carbonyl (C=O) groups is 1. The van der Waals surface area contributed by atoms with Crippen LogP contribution in [0.5, 0.6) is 0 Å². The van der Waals surface area contributed by atoms with Crippen LogP contribution < -0.4 is 15.4 Å². The third kappa shape index (κ3) is 8.07. The van der Waals surface area contributed by atoms with Gasteiger partial charge in [-0.2, -0.15) is 0 Å². The second-order valence-corrected chi connectivity index (χ2v) is 7.33. The molecule has 9 heteroatoms. The van der Waals surface area contributed by atoms with Gasteiger partial charge in [-0.1, -0.05) is 30.3 Å². The molecule has 1 aliphatic heterocycles. The zero-order valence-corrected chi connectivity index (χ0v) is 15.0. The highest BCUT2D eigenvalue weighted by Crippen LogP contribution is 1.99. The molecule has 24 heavy (non-hydrogen) atoms. The first-order chi connectivity index (χ1) is 11.1. The SMILES string of the molecule is Cl.O=C(CC1COCCN1)NCCS(=O)(=O)NCc1ccccc1. The fourth-order valence-electron chi connectivity index (χ4n) is 2.23. The fraction of sp³-hybridized carbons (Fsp3) is 0.533. The number of carbonyl (C=O) groups excluding carboxylic acids is 1. The number of hydrogen-bond donors (Lipinski definition) is 3. The van der Waals surface area contributed by atoms with E-state index in [4.69, 9.17) is 4.74 Å². The van der Waals surface area contributed by atoms with Crippen molar-refractivity contribution in [2.24, 2.45) is 0 Å². The molecular weight excluding hydrogens is 354 g/mol. The van der Waals surface area contributed by atoms with Gasteiger partial charge in [-0.05, 0) is 5.56 Å². The zero-order valence-electron chi connectivity index (χ0n) is 13.4. The van der Waals surface area contributed by atoms with Crippen molar-refractivity contribution in [1.29, 1.82) is 0 Å². The highest BCUT2D eigenvalue weighted by Gasteiger charge is 2.17. The Hall–Kier alpha value is -1.19. The lowest BCUT2D eigenvalue weighted by molar-refractivity contribution is -0.122. The molecule has 1 amide bonds. The zero-order chi connectivity index (χ0) is 16.5. The summed E-state index contributed by atoms with van der Waals surface area (Å²) in [5, 5.41) is 5.81. The first-order valence-electron chi connectivity index (χ1n) is 7.64. The summed E-state index contributed by atoms with van der Waals surface area (Å²) in [6, 6.07) is 9.28. The molecule has 1 fully saturated rings. The standard InChI is InChI=1S/C15H23N3O4S.ClH/c19-15(10-14-12-22-8-6-16-14)17-7-9-23(20,21)18-11-13-4-2-1-3-5-13;/h1-5,14,16,18H,6-12H2,(H,17,19);1H. The number of morpholine rings is 1. The topological polar surface area (TPSA) is 96.5 Å². The minimum Gasteiger partial charge on any atom is -0.378 e. The maximum Gasteiger partial charge on any atom is 0.221 e. The van der Waals surface area contributed by atoms with Crippen LogP contribution in [0.4, 0.5) is 0 Å². The Bertz CT molecular complexity index is 592. The second kappa shape index (κ2) is 10.6. The van der Waals surface area contributed by atoms with Crippen molar-refractivity contribution in [1.82, 2.24) is 15.4 Å². The second-order valence-electron chi connectivity index (χ2n) is 5.41. The molecule has 0 bridgehead atoms. The van der Waals surface area contributed by atoms with Gasteiger partial charge in [-0.3, -0.25) is 4.79 Å². The van der Waals surface area contributed by atoms with Crippen molar-refractivity contribution < 1.29 is 17.9 Å². The molecule has 0 radical (unpaired) electrons. The Morgan fingerprint density at radius 3 is 2.71 bits per heavy atom. The van der Waals surface area contributed by atoms with E-state index in [-0.39, 0.29) is 49.6 Å². The van der Waals surface area contributed by atoms with E-state index in [0.29, 0.717) is 13.2 Å². The van der Waals surface area contributed by atoms with Gasteiger partial charge in [0.2, 0.25) is 15.9 Å². The van der Waals surface area contributed by atoms with E-state index in [0.717, 1.165) is 12.1 Å². The molecule has 1 heterocycles. The molecule has 3 N–H and O–H groups in total. The molecule has 1 saturated heterocycles. The lowest BCUT2D eigenvalue weighted by atomic mass is 10.2. The summed E-state index contributed by atoms with van der Waals surface area (Å²) < 4.78 is 31.5. The summed E-state index contributed by atoms with van der Waals surface area (Å²) in [6.45, 7) is 2.24. The lowest BCUT2D eigenvalue weighted by Gasteiger charge is -2.23. The van der Waals surface area contributed by atoms with Crippen molar-refractivity contribution in [3.8, 4) is 0 Å². The van der Waals surface area contributed by atoms with Crippen molar-refractivity contribution in [3.63, 3.8) is 0 Å². The quantitative estimate of drug-likeness (QED) is 0.593. The number of ether oxygens (including phenoxy) is 1. The van der Waals surface area contributed by atoms with E-state index < -0.39 is 10.0 Å². The van der Waals surface area contributed by atoms with Crippen LogP contribution in [-0.4, -0.2) is 52.4 Å². The van der Waals surface area contributed by atoms with Crippen LogP contribution in [-0.2, 0) is 26.1 Å². The highest BCUT2D eigenvalue weighted by molar-refractivity contribution is 7.89. The normalized spacial score (nSPS) is 17.8. The van der Waals surface area contributed by atoms with Crippen LogP contribution >= 0.6 is 12.4 Å². The predicted octanol–water partition coefficient (Wildman–Crippen LogP) is 0.0225. The Morgan fingerprint density at radius 1 is 1.29 bits per heavy atom. The minimum atomic E-state index is -3.41. The molecule has 1 unspecified atom stereocenters. The van der Waals surface area contributed by atoms with Crippen molar-refractivity contribution in [2.75, 3.05) is 32.1 Å². The van der Waals surface area contributed by atoms with E-state index in [9.17, 15) is 13.2 Å². The molecule has 0 spiro atoms. The number of hydrogen-bond acceptors (Lipinski definition) is 5. The smallest absolute Gasteiger partial charge is 0.221 e. The van der Waals surface area contributed by atoms with E-state index in [1.807, 2.05) is 30.3 Å². The maximum atomic E-state index is 11.9. The summed E-state index contributed by atoms with van der Waals surface area (Å²) in [6.07, 6.45) is 0.289. The number of rotatable bonds is 8. The first kappa shape index (κ1) is 20.9. The van der Waals surface area contributed by atoms with Crippen LogP contribution in [0.3, 0.4) is 0 Å². The van der Waals surface area contributed by atoms with Crippen LogP contribution in [0, 0.1) is 0 Å². The molecule has 0 saturated carbocycles. The molecule has 1 aromatic carbocycles. The summed E-state index contributed by atoms with van der Waals surface area (Å²) in [5.74, 6) is -0.313. The average Bonchev–Trinajstić information content (AvgIpc) is 2.55. The number of benzene rings is 1. The van der Waals surface area contributed by atoms with Crippen LogP contribution in [0.25, 0.3) is 0 Å². The number of amides is 1. The molecule has 136 valence electrons. The number of nitrogens with one attached hydrogen (secondary N) is 3. The molecule has 1 atom stereocenters. The minimum absolute atomic E-state index is 0. The van der Waals surface area contributed by atoms with E-state index in [1.165, 1.54) is 0 Å². The van der Waals surface area contributed by atoms with Crippen molar-refractivity contribution >= 4 is 28.3 Å². The van der Waals surface area contributed by atoms with Gasteiger partial charge in [-0.15, -0.1) is 12.4 Å². The lowest BCUT2D eigenvalue weighted by Crippen LogP contribution is -2.44. The van der Waals surface area contributed by atoms with Gasteiger partial charge in [0.05, 0.1) is 19.0 Å². The average molecular weight is 378 g/mol. The Balaban J connectivity index is 0.00000288. The Morgan fingerprint density at radius 2 is 2.04 bits per heavy atom. The maximum absolute atomic E-state index is 11.9. The molecule has 7 nitrogen and oxygen atoms in total. The molecule has 1 aromatic rings. The van der Waals surface area contributed by atoms with Gasteiger partial charge in [0.1, 0.15) is 0 Å². The highest BCUT2D eigenvalue weighted by atomic mass is 35.5. The van der Waals surface area contributed by atoms with Crippen molar-refractivity contribution in [3.05, 3.63) is 35.9 Å². The molecule has 0 aliphatic carbocycles. The van der Waals surface area contributed by atoms with Crippen LogP contribution in [0.2, 0.25) is 0 Å². The summed E-state index contributed by atoms with van der Waals surface area (Å²) in [7, 11) is -3.41. The van der Waals surface area contributed by atoms with Gasteiger partial charge in [0.15, 0.2) is 0 Å². The van der Waals surface area contributed by atoms with E-state index >= 15 is 0 Å². The molecule has 0 aromatic heterocycles. The van der Waals surface area contributed by atoms with Gasteiger partial charge in [-0.25, -0.2) is 13.1 Å². The predicted molar refractivity (Wildman–Crippen MR) is 94.6 cm³/mol. The Kier molecular flexibility index (Phi) is 9.24. The fourth-order valence-corrected chi connectivity index (χ4v) is 3.13. The van der Waals surface area contributed by atoms with Gasteiger partial charge in [0, 0.05) is 32.1 Å². The van der Waals surface area contributed by atoms with Crippen molar-refractivity contribution in [2.45, 2.75) is 19.0 Å². The monoisotopic (exact) mass is 377 g/mol. The number of halogens is 1. The number of sulfonamides is 1. The van der Waals surface area contributed by atoms with Gasteiger partial charge >= 0.3 is 0 Å². The first-order valence-corrected chi connectivity index (χ1v) is 9.29. The largest absolute Gasteiger partial charge is 0.378 e. The van der Waals surface area contributed by atoms with Gasteiger partial charge < -0.3 is 15.4 Å². The summed E-state index contributed by atoms with van der Waals surface area (Å²) in [4.78, 5) is 11.8. The Labute approximate surface area is 149 Å².